The van der Waals surface area contributed by atoms with E-state index < -0.39 is 0 Å². The molecule has 6 heteroatoms. The monoisotopic (exact) mass is 400 g/mol. The minimum atomic E-state index is -0.178. The second-order valence-electron chi connectivity index (χ2n) is 7.61. The average molecular weight is 400 g/mol. The van der Waals surface area contributed by atoms with Gasteiger partial charge in [-0.3, -0.25) is 4.79 Å². The number of nitrogens with one attached hydrogen (secondary N) is 1. The molecule has 0 bridgehead atoms. The molecule has 1 amide bonds. The molecule has 1 N–H and O–H groups in total. The number of amides is 1. The molecular weight excluding hydrogens is 376 g/mol. The van der Waals surface area contributed by atoms with E-state index in [-0.39, 0.29) is 5.91 Å². The summed E-state index contributed by atoms with van der Waals surface area (Å²) in [6.07, 6.45) is 0. The zero-order chi connectivity index (χ0) is 21.1. The van der Waals surface area contributed by atoms with E-state index in [4.69, 9.17) is 4.52 Å². The predicted octanol–water partition coefficient (Wildman–Crippen LogP) is 4.19. The normalized spacial score (nSPS) is 11.2. The topological polar surface area (TPSA) is 71.3 Å². The quantitative estimate of drug-likeness (QED) is 0.525. The number of fused-ring (bicyclic) bond motifs is 1. The Kier molecular flexibility index (Phi) is 5.59. The summed E-state index contributed by atoms with van der Waals surface area (Å²) in [4.78, 5) is 19.7. The largest absolute Gasteiger partial charge is 0.348 e. The van der Waals surface area contributed by atoms with E-state index in [1.807, 2.05) is 63.5 Å². The summed E-state index contributed by atoms with van der Waals surface area (Å²) < 4.78 is 5.36. The Hall–Kier alpha value is -3.51. The molecule has 0 unspecified atom stereocenters. The zero-order valence-electron chi connectivity index (χ0n) is 17.3. The van der Waals surface area contributed by atoms with Crippen LogP contribution in [0.3, 0.4) is 0 Å². The predicted molar refractivity (Wildman–Crippen MR) is 117 cm³/mol. The summed E-state index contributed by atoms with van der Waals surface area (Å²) in [6.45, 7) is 3.14. The first-order valence-electron chi connectivity index (χ1n) is 9.84. The van der Waals surface area contributed by atoms with Crippen molar-refractivity contribution in [2.75, 3.05) is 14.1 Å². The van der Waals surface area contributed by atoms with Crippen molar-refractivity contribution in [3.63, 3.8) is 0 Å². The highest BCUT2D eigenvalue weighted by molar-refractivity contribution is 6.06. The van der Waals surface area contributed by atoms with Crippen molar-refractivity contribution in [2.45, 2.75) is 20.0 Å². The fourth-order valence-corrected chi connectivity index (χ4v) is 3.44. The highest BCUT2D eigenvalue weighted by Gasteiger charge is 2.19. The molecule has 2 aromatic carbocycles. The Morgan fingerprint density at radius 1 is 1.03 bits per heavy atom. The highest BCUT2D eigenvalue weighted by atomic mass is 16.5. The molecule has 0 aliphatic heterocycles. The lowest BCUT2D eigenvalue weighted by atomic mass is 10.0. The number of aromatic nitrogens is 2. The minimum Gasteiger partial charge on any atom is -0.348 e. The van der Waals surface area contributed by atoms with Gasteiger partial charge in [-0.1, -0.05) is 59.8 Å². The Labute approximate surface area is 175 Å². The number of hydrogen-bond acceptors (Lipinski definition) is 5. The maximum Gasteiger partial charge on any atom is 0.259 e. The summed E-state index contributed by atoms with van der Waals surface area (Å²) in [7, 11) is 4.08. The van der Waals surface area contributed by atoms with E-state index in [9.17, 15) is 4.79 Å². The molecule has 0 aliphatic carbocycles. The molecule has 152 valence electrons. The molecule has 0 atom stereocenters. The second kappa shape index (κ2) is 8.47. The molecule has 2 aromatic heterocycles. The van der Waals surface area contributed by atoms with Gasteiger partial charge in [-0.2, -0.15) is 0 Å². The van der Waals surface area contributed by atoms with Gasteiger partial charge < -0.3 is 14.7 Å². The van der Waals surface area contributed by atoms with E-state index in [2.05, 4.69) is 32.5 Å². The van der Waals surface area contributed by atoms with Gasteiger partial charge in [0.2, 0.25) is 0 Å². The van der Waals surface area contributed by atoms with Crippen LogP contribution in [-0.2, 0) is 13.1 Å². The van der Waals surface area contributed by atoms with Gasteiger partial charge >= 0.3 is 0 Å². The molecule has 30 heavy (non-hydrogen) atoms. The van der Waals surface area contributed by atoms with Crippen molar-refractivity contribution in [3.8, 4) is 11.3 Å². The van der Waals surface area contributed by atoms with Crippen molar-refractivity contribution in [1.82, 2.24) is 20.4 Å². The van der Waals surface area contributed by atoms with Crippen LogP contribution in [0.15, 0.2) is 65.2 Å². The van der Waals surface area contributed by atoms with Gasteiger partial charge in [0.15, 0.2) is 0 Å². The first-order chi connectivity index (χ1) is 14.5. The van der Waals surface area contributed by atoms with Gasteiger partial charge in [0, 0.05) is 18.7 Å². The Bertz CT molecular complexity index is 1170. The van der Waals surface area contributed by atoms with Crippen LogP contribution in [0.5, 0.6) is 0 Å². The fourth-order valence-electron chi connectivity index (χ4n) is 3.44. The van der Waals surface area contributed by atoms with Crippen LogP contribution in [-0.4, -0.2) is 35.0 Å². The Morgan fingerprint density at radius 2 is 1.73 bits per heavy atom. The molecule has 0 saturated heterocycles. The first-order valence-corrected chi connectivity index (χ1v) is 9.84. The molecule has 4 rings (SSSR count). The van der Waals surface area contributed by atoms with Crippen LogP contribution >= 0.6 is 0 Å². The van der Waals surface area contributed by atoms with Crippen LogP contribution in [0.2, 0.25) is 0 Å². The van der Waals surface area contributed by atoms with Gasteiger partial charge in [-0.25, -0.2) is 4.98 Å². The molecule has 0 fully saturated rings. The van der Waals surface area contributed by atoms with Crippen molar-refractivity contribution >= 4 is 17.0 Å². The molecule has 4 aromatic rings. The summed E-state index contributed by atoms with van der Waals surface area (Å²) in [5, 5.41) is 7.67. The summed E-state index contributed by atoms with van der Waals surface area (Å²) >= 11 is 0. The number of carbonyl (C=O) groups is 1. The smallest absolute Gasteiger partial charge is 0.259 e. The van der Waals surface area contributed by atoms with E-state index in [0.717, 1.165) is 17.7 Å². The lowest BCUT2D eigenvalue weighted by Gasteiger charge is -2.11. The number of aryl methyl sites for hydroxylation is 1. The van der Waals surface area contributed by atoms with Gasteiger partial charge in [-0.05, 0) is 38.2 Å². The maximum absolute atomic E-state index is 13.1. The summed E-state index contributed by atoms with van der Waals surface area (Å²) in [5.74, 6) is -0.178. The fraction of sp³-hybridized carbons (Fsp3) is 0.208. The van der Waals surface area contributed by atoms with Crippen molar-refractivity contribution in [1.29, 1.82) is 0 Å². The highest BCUT2D eigenvalue weighted by Crippen LogP contribution is 2.27. The lowest BCUT2D eigenvalue weighted by molar-refractivity contribution is 0.0952. The molecule has 0 spiro atoms. The van der Waals surface area contributed by atoms with Crippen LogP contribution < -0.4 is 5.32 Å². The van der Waals surface area contributed by atoms with E-state index >= 15 is 0 Å². The molecule has 6 nitrogen and oxygen atoms in total. The number of nitrogens with zero attached hydrogens (tertiary/aromatic N) is 3. The molecule has 0 saturated carbocycles. The third-order valence-electron chi connectivity index (χ3n) is 4.91. The SMILES string of the molecule is Cc1noc2nc(-c3ccccc3)cc(C(=O)NCc3ccc(CN(C)C)cc3)c12. The van der Waals surface area contributed by atoms with Gasteiger partial charge in [0.25, 0.3) is 11.6 Å². The van der Waals surface area contributed by atoms with Crippen LogP contribution in [0.4, 0.5) is 0 Å². The van der Waals surface area contributed by atoms with E-state index in [1.54, 1.807) is 6.07 Å². The molecule has 0 radical (unpaired) electrons. The molecule has 2 heterocycles. The second-order valence-corrected chi connectivity index (χ2v) is 7.61. The van der Waals surface area contributed by atoms with Crippen molar-refractivity contribution in [2.24, 2.45) is 0 Å². The summed E-state index contributed by atoms with van der Waals surface area (Å²) in [6, 6.07) is 19.8. The minimum absolute atomic E-state index is 0.178. The van der Waals surface area contributed by atoms with Crippen molar-refractivity contribution in [3.05, 3.63) is 83.0 Å². The van der Waals surface area contributed by atoms with Crippen molar-refractivity contribution < 1.29 is 9.32 Å². The molecular formula is C24H24N4O2. The average Bonchev–Trinajstić information content (AvgIpc) is 3.13. The third-order valence-corrected chi connectivity index (χ3v) is 4.91. The van der Waals surface area contributed by atoms with E-state index in [1.165, 1.54) is 5.56 Å². The summed E-state index contributed by atoms with van der Waals surface area (Å²) in [5.41, 5.74) is 5.40. The molecule has 0 aliphatic rings. The van der Waals surface area contributed by atoms with E-state index in [0.29, 0.717) is 34.6 Å². The van der Waals surface area contributed by atoms with Crippen LogP contribution in [0.25, 0.3) is 22.4 Å². The zero-order valence-corrected chi connectivity index (χ0v) is 17.3. The number of carbonyl (C=O) groups excluding carboxylic acids is 1. The third kappa shape index (κ3) is 4.23. The Morgan fingerprint density at radius 3 is 2.43 bits per heavy atom. The number of pyridine rings is 1. The van der Waals surface area contributed by atoms with Crippen LogP contribution in [0, 0.1) is 6.92 Å². The number of hydrogen-bond donors (Lipinski definition) is 1. The number of rotatable bonds is 6. The van der Waals surface area contributed by atoms with Gasteiger partial charge in [0.05, 0.1) is 22.3 Å². The van der Waals surface area contributed by atoms with Gasteiger partial charge in [0.1, 0.15) is 0 Å². The Balaban J connectivity index is 1.58. The lowest BCUT2D eigenvalue weighted by Crippen LogP contribution is -2.23. The first kappa shape index (κ1) is 19.8. The maximum atomic E-state index is 13.1. The number of benzene rings is 2. The van der Waals surface area contributed by atoms with Gasteiger partial charge in [-0.15, -0.1) is 0 Å². The van der Waals surface area contributed by atoms with Crippen LogP contribution in [0.1, 0.15) is 27.2 Å². The standard InChI is InChI=1S/C24H24N4O2/c1-16-22-20(13-21(26-24(22)30-27-16)19-7-5-4-6-8-19)23(29)25-14-17-9-11-18(12-10-17)15-28(2)3/h4-13H,14-15H2,1-3H3,(H,25,29).